The number of carbonyl (C=O) groups is 2. The molecule has 1 amide bonds. The Hall–Kier alpha value is -3.12. The average molecular weight is 436 g/mol. The molecule has 160 valence electrons. The van der Waals surface area contributed by atoms with Gasteiger partial charge in [-0.05, 0) is 61.1 Å². The minimum Gasteiger partial charge on any atom is -0.493 e. The summed E-state index contributed by atoms with van der Waals surface area (Å²) in [5.74, 6) is 0.0748. The maximum Gasteiger partial charge on any atom is 0.341 e. The smallest absolute Gasteiger partial charge is 0.341 e. The number of fused-ring (bicyclic) bond motifs is 1. The third-order valence-electron chi connectivity index (χ3n) is 5.41. The van der Waals surface area contributed by atoms with Crippen LogP contribution in [0.5, 0.6) is 5.75 Å². The lowest BCUT2D eigenvalue weighted by Gasteiger charge is -2.12. The third kappa shape index (κ3) is 4.97. The van der Waals surface area contributed by atoms with Crippen LogP contribution in [0.2, 0.25) is 0 Å². The first kappa shape index (κ1) is 21.1. The highest BCUT2D eigenvalue weighted by molar-refractivity contribution is 7.17. The van der Waals surface area contributed by atoms with E-state index in [1.165, 1.54) is 28.9 Å². The fourth-order valence-corrected chi connectivity index (χ4v) is 5.05. The van der Waals surface area contributed by atoms with Crippen molar-refractivity contribution in [1.29, 1.82) is 0 Å². The highest BCUT2D eigenvalue weighted by Crippen LogP contribution is 2.38. The molecule has 0 radical (unpaired) electrons. The van der Waals surface area contributed by atoms with Gasteiger partial charge in [0.25, 0.3) is 5.91 Å². The van der Waals surface area contributed by atoms with E-state index in [2.05, 4.69) is 17.4 Å². The molecule has 0 bridgehead atoms. The van der Waals surface area contributed by atoms with E-state index >= 15 is 0 Å². The maximum absolute atomic E-state index is 12.8. The monoisotopic (exact) mass is 435 g/mol. The summed E-state index contributed by atoms with van der Waals surface area (Å²) >= 11 is 1.48. The number of benzene rings is 2. The lowest BCUT2D eigenvalue weighted by atomic mass is 9.95. The number of thiophene rings is 1. The number of esters is 1. The largest absolute Gasteiger partial charge is 0.493 e. The van der Waals surface area contributed by atoms with E-state index in [0.29, 0.717) is 28.5 Å². The number of rotatable bonds is 7. The molecule has 0 fully saturated rings. The Kier molecular flexibility index (Phi) is 6.67. The van der Waals surface area contributed by atoms with Crippen LogP contribution in [0.3, 0.4) is 0 Å². The van der Waals surface area contributed by atoms with Crippen LogP contribution in [0.1, 0.15) is 49.6 Å². The van der Waals surface area contributed by atoms with Gasteiger partial charge in [-0.15, -0.1) is 11.3 Å². The van der Waals surface area contributed by atoms with Crippen molar-refractivity contribution in [3.05, 3.63) is 81.7 Å². The van der Waals surface area contributed by atoms with Crippen LogP contribution in [0.15, 0.2) is 54.6 Å². The molecular weight excluding hydrogens is 410 g/mol. The lowest BCUT2D eigenvalue weighted by molar-refractivity contribution is 0.0601. The Morgan fingerprint density at radius 3 is 2.48 bits per heavy atom. The SMILES string of the molecule is COC(=O)c1c(NC(=O)c2ccc(OCCc3ccccc3)cc2)sc2c1CCCC2. The molecular formula is C25H25NO4S. The number of methoxy groups -OCH3 is 1. The van der Waals surface area contributed by atoms with E-state index in [4.69, 9.17) is 9.47 Å². The number of amides is 1. The molecule has 1 aromatic heterocycles. The number of anilines is 1. The van der Waals surface area contributed by atoms with Crippen LogP contribution < -0.4 is 10.1 Å². The van der Waals surface area contributed by atoms with E-state index in [9.17, 15) is 9.59 Å². The number of hydrogen-bond donors (Lipinski definition) is 1. The molecule has 6 heteroatoms. The van der Waals surface area contributed by atoms with Gasteiger partial charge >= 0.3 is 5.97 Å². The van der Waals surface area contributed by atoms with Crippen molar-refractivity contribution in [1.82, 2.24) is 0 Å². The molecule has 0 saturated carbocycles. The molecule has 4 rings (SSSR count). The van der Waals surface area contributed by atoms with Crippen molar-refractivity contribution in [2.24, 2.45) is 0 Å². The summed E-state index contributed by atoms with van der Waals surface area (Å²) in [6, 6.07) is 17.2. The van der Waals surface area contributed by atoms with Gasteiger partial charge in [0.05, 0.1) is 19.3 Å². The lowest BCUT2D eigenvalue weighted by Crippen LogP contribution is -2.15. The molecule has 0 atom stereocenters. The van der Waals surface area contributed by atoms with Gasteiger partial charge in [-0.1, -0.05) is 30.3 Å². The molecule has 2 aromatic carbocycles. The van der Waals surface area contributed by atoms with Gasteiger partial charge in [0.2, 0.25) is 0 Å². The fraction of sp³-hybridized carbons (Fsp3) is 0.280. The Balaban J connectivity index is 1.41. The summed E-state index contributed by atoms with van der Waals surface area (Å²) in [6.45, 7) is 0.568. The second kappa shape index (κ2) is 9.79. The zero-order valence-corrected chi connectivity index (χ0v) is 18.3. The minimum absolute atomic E-state index is 0.250. The van der Waals surface area contributed by atoms with Gasteiger partial charge < -0.3 is 14.8 Å². The Bertz CT molecular complexity index is 1060. The summed E-state index contributed by atoms with van der Waals surface area (Å²) < 4.78 is 10.8. The van der Waals surface area contributed by atoms with Crippen LogP contribution in [-0.4, -0.2) is 25.6 Å². The number of ether oxygens (including phenoxy) is 2. The zero-order valence-electron chi connectivity index (χ0n) is 17.5. The predicted octanol–water partition coefficient (Wildman–Crippen LogP) is 5.29. The van der Waals surface area contributed by atoms with E-state index in [1.807, 2.05) is 18.2 Å². The topological polar surface area (TPSA) is 64.6 Å². The second-order valence-corrected chi connectivity index (χ2v) is 8.57. The van der Waals surface area contributed by atoms with Crippen molar-refractivity contribution in [3.8, 4) is 5.75 Å². The van der Waals surface area contributed by atoms with Gasteiger partial charge in [-0.3, -0.25) is 4.79 Å². The van der Waals surface area contributed by atoms with E-state index in [1.54, 1.807) is 24.3 Å². The van der Waals surface area contributed by atoms with Crippen LogP contribution in [0, 0.1) is 0 Å². The van der Waals surface area contributed by atoms with Crippen LogP contribution in [0.25, 0.3) is 0 Å². The molecule has 5 nitrogen and oxygen atoms in total. The second-order valence-electron chi connectivity index (χ2n) is 7.47. The Morgan fingerprint density at radius 1 is 1.00 bits per heavy atom. The number of nitrogens with one attached hydrogen (secondary N) is 1. The molecule has 0 aliphatic heterocycles. The highest BCUT2D eigenvalue weighted by atomic mass is 32.1. The number of aryl methyl sites for hydroxylation is 1. The van der Waals surface area contributed by atoms with E-state index in [-0.39, 0.29) is 5.91 Å². The molecule has 1 aliphatic rings. The first-order chi connectivity index (χ1) is 15.2. The molecule has 31 heavy (non-hydrogen) atoms. The quantitative estimate of drug-likeness (QED) is 0.512. The van der Waals surface area contributed by atoms with Gasteiger partial charge in [0, 0.05) is 16.9 Å². The molecule has 1 N–H and O–H groups in total. The molecule has 0 spiro atoms. The minimum atomic E-state index is -0.392. The van der Waals surface area contributed by atoms with E-state index < -0.39 is 5.97 Å². The van der Waals surface area contributed by atoms with E-state index in [0.717, 1.165) is 37.7 Å². The maximum atomic E-state index is 12.8. The average Bonchev–Trinajstić information content (AvgIpc) is 3.17. The first-order valence-electron chi connectivity index (χ1n) is 10.5. The molecule has 1 heterocycles. The number of hydrogen-bond acceptors (Lipinski definition) is 5. The van der Waals surface area contributed by atoms with Crippen LogP contribution >= 0.6 is 11.3 Å². The summed E-state index contributed by atoms with van der Waals surface area (Å²) in [7, 11) is 1.37. The van der Waals surface area contributed by atoms with Crippen LogP contribution in [-0.2, 0) is 24.0 Å². The Morgan fingerprint density at radius 2 is 1.74 bits per heavy atom. The van der Waals surface area contributed by atoms with Gasteiger partial charge in [0.15, 0.2) is 0 Å². The van der Waals surface area contributed by atoms with Crippen molar-refractivity contribution >= 4 is 28.2 Å². The summed E-state index contributed by atoms with van der Waals surface area (Å²) in [4.78, 5) is 26.3. The number of carbonyl (C=O) groups excluding carboxylic acids is 2. The van der Waals surface area contributed by atoms with Crippen molar-refractivity contribution < 1.29 is 19.1 Å². The first-order valence-corrected chi connectivity index (χ1v) is 11.3. The normalized spacial score (nSPS) is 12.7. The predicted molar refractivity (Wildman–Crippen MR) is 122 cm³/mol. The van der Waals surface area contributed by atoms with Gasteiger partial charge in [-0.2, -0.15) is 0 Å². The molecule has 0 saturated heterocycles. The van der Waals surface area contributed by atoms with Crippen LogP contribution in [0.4, 0.5) is 5.00 Å². The van der Waals surface area contributed by atoms with Crippen molar-refractivity contribution in [2.45, 2.75) is 32.1 Å². The zero-order chi connectivity index (χ0) is 21.6. The standard InChI is InChI=1S/C25H25NO4S/c1-29-25(28)22-20-9-5-6-10-21(20)31-24(22)26-23(27)18-11-13-19(14-12-18)30-16-15-17-7-3-2-4-8-17/h2-4,7-8,11-14H,5-6,9-10,15-16H2,1H3,(H,26,27). The third-order valence-corrected chi connectivity index (χ3v) is 6.61. The van der Waals surface area contributed by atoms with Gasteiger partial charge in [0.1, 0.15) is 10.8 Å². The van der Waals surface area contributed by atoms with Crippen molar-refractivity contribution in [3.63, 3.8) is 0 Å². The highest BCUT2D eigenvalue weighted by Gasteiger charge is 2.27. The van der Waals surface area contributed by atoms with Crippen molar-refractivity contribution in [2.75, 3.05) is 19.0 Å². The summed E-state index contributed by atoms with van der Waals surface area (Å²) in [5.41, 5.74) is 3.27. The summed E-state index contributed by atoms with van der Waals surface area (Å²) in [6.07, 6.45) is 4.76. The fourth-order valence-electron chi connectivity index (χ4n) is 3.78. The summed E-state index contributed by atoms with van der Waals surface area (Å²) in [5, 5.41) is 3.50. The molecule has 3 aromatic rings. The Labute approximate surface area is 186 Å². The molecule has 1 aliphatic carbocycles. The molecule has 0 unspecified atom stereocenters. The van der Waals surface area contributed by atoms with Gasteiger partial charge in [-0.25, -0.2) is 4.79 Å².